The number of hydrogen-bond donors (Lipinski definition) is 0. The van der Waals surface area contributed by atoms with Crippen LogP contribution < -0.4 is 4.57 Å². The average Bonchev–Trinajstić information content (AvgIpc) is 2.81. The minimum atomic E-state index is -0.213. The molecule has 2 nitrogen and oxygen atoms in total. The molecule has 0 aliphatic rings. The Labute approximate surface area is 108 Å². The van der Waals surface area contributed by atoms with Crippen molar-refractivity contribution in [3.05, 3.63) is 48.5 Å². The van der Waals surface area contributed by atoms with Crippen LogP contribution in [0.5, 0.6) is 0 Å². The number of thiazole rings is 1. The second-order valence-electron chi connectivity index (χ2n) is 4.05. The van der Waals surface area contributed by atoms with Crippen molar-refractivity contribution in [3.8, 4) is 10.6 Å². The smallest absolute Gasteiger partial charge is 0.169 e. The highest BCUT2D eigenvalue weighted by Crippen LogP contribution is 2.29. The molecule has 0 bridgehead atoms. The van der Waals surface area contributed by atoms with E-state index in [2.05, 4.69) is 16.5 Å². The van der Waals surface area contributed by atoms with Crippen LogP contribution in [-0.2, 0) is 6.54 Å². The molecular weight excluding hydrogens is 247 g/mol. The molecule has 0 spiro atoms. The predicted octanol–water partition coefficient (Wildman–Crippen LogP) is 3.41. The van der Waals surface area contributed by atoms with Gasteiger partial charge in [-0.15, -0.1) is 11.3 Å². The summed E-state index contributed by atoms with van der Waals surface area (Å²) in [6.45, 7) is 3.05. The Hall–Kier alpha value is -1.81. The summed E-state index contributed by atoms with van der Waals surface area (Å²) in [4.78, 5) is 4.52. The van der Waals surface area contributed by atoms with Crippen LogP contribution in [0.25, 0.3) is 20.8 Å². The topological polar surface area (TPSA) is 16.8 Å². The fourth-order valence-corrected chi connectivity index (χ4v) is 2.83. The van der Waals surface area contributed by atoms with E-state index in [0.29, 0.717) is 0 Å². The van der Waals surface area contributed by atoms with E-state index >= 15 is 0 Å². The number of nitrogens with zero attached hydrogens (tertiary/aromatic N) is 2. The fraction of sp³-hybridized carbons (Fsp3) is 0.143. The lowest BCUT2D eigenvalue weighted by molar-refractivity contribution is -0.693. The van der Waals surface area contributed by atoms with Gasteiger partial charge in [0, 0.05) is 17.7 Å². The number of pyridine rings is 1. The quantitative estimate of drug-likeness (QED) is 0.644. The molecule has 0 unspecified atom stereocenters. The Morgan fingerprint density at radius 3 is 2.72 bits per heavy atom. The summed E-state index contributed by atoms with van der Waals surface area (Å²) in [7, 11) is 0. The summed E-state index contributed by atoms with van der Waals surface area (Å²) in [5.74, 6) is -0.213. The van der Waals surface area contributed by atoms with Crippen LogP contribution in [0.2, 0.25) is 0 Å². The van der Waals surface area contributed by atoms with Crippen LogP contribution in [0.1, 0.15) is 6.92 Å². The first kappa shape index (κ1) is 11.3. The van der Waals surface area contributed by atoms with E-state index < -0.39 is 0 Å². The van der Waals surface area contributed by atoms with E-state index in [1.165, 1.54) is 23.5 Å². The van der Waals surface area contributed by atoms with Gasteiger partial charge in [-0.25, -0.2) is 13.9 Å². The standard InChI is InChI=1S/C14H12FN2S/c1-2-17-7-5-10(6-8-17)14-16-12-4-3-11(15)9-13(12)18-14/h3-9H,2H2,1H3/q+1. The zero-order chi connectivity index (χ0) is 12.5. The SMILES string of the molecule is CC[n+]1ccc(-c2nc3ccc(F)cc3s2)cc1. The molecule has 0 aliphatic carbocycles. The maximum absolute atomic E-state index is 13.1. The molecule has 0 radical (unpaired) electrons. The van der Waals surface area contributed by atoms with Gasteiger partial charge in [0.25, 0.3) is 0 Å². The van der Waals surface area contributed by atoms with E-state index in [4.69, 9.17) is 0 Å². The largest absolute Gasteiger partial charge is 0.236 e. The van der Waals surface area contributed by atoms with E-state index in [-0.39, 0.29) is 5.82 Å². The number of aryl methyl sites for hydroxylation is 1. The number of benzene rings is 1. The van der Waals surface area contributed by atoms with Crippen LogP contribution in [0.3, 0.4) is 0 Å². The molecule has 90 valence electrons. The predicted molar refractivity (Wildman–Crippen MR) is 70.9 cm³/mol. The Morgan fingerprint density at radius 1 is 1.22 bits per heavy atom. The summed E-state index contributed by atoms with van der Waals surface area (Å²) >= 11 is 1.52. The maximum atomic E-state index is 13.1. The van der Waals surface area contributed by atoms with Gasteiger partial charge in [-0.1, -0.05) is 0 Å². The normalized spacial score (nSPS) is 11.0. The highest BCUT2D eigenvalue weighted by Gasteiger charge is 2.08. The van der Waals surface area contributed by atoms with Crippen LogP contribution in [0.4, 0.5) is 4.39 Å². The van der Waals surface area contributed by atoms with Gasteiger partial charge in [-0.3, -0.25) is 0 Å². The molecule has 3 rings (SSSR count). The molecule has 2 heterocycles. The lowest BCUT2D eigenvalue weighted by Crippen LogP contribution is -2.30. The molecule has 18 heavy (non-hydrogen) atoms. The molecule has 0 atom stereocenters. The van der Waals surface area contributed by atoms with Gasteiger partial charge in [-0.05, 0) is 25.1 Å². The molecule has 1 aromatic carbocycles. The number of hydrogen-bond acceptors (Lipinski definition) is 2. The van der Waals surface area contributed by atoms with Crippen molar-refractivity contribution in [3.63, 3.8) is 0 Å². The summed E-state index contributed by atoms with van der Waals surface area (Å²) in [5.41, 5.74) is 1.92. The lowest BCUT2D eigenvalue weighted by Gasteiger charge is -1.94. The number of aromatic nitrogens is 2. The van der Waals surface area contributed by atoms with Gasteiger partial charge in [0.05, 0.1) is 10.2 Å². The van der Waals surface area contributed by atoms with Crippen molar-refractivity contribution in [1.82, 2.24) is 4.98 Å². The minimum Gasteiger partial charge on any atom is -0.236 e. The molecule has 0 saturated carbocycles. The Kier molecular flexibility index (Phi) is 2.80. The van der Waals surface area contributed by atoms with Crippen molar-refractivity contribution >= 4 is 21.6 Å². The van der Waals surface area contributed by atoms with Crippen molar-refractivity contribution in [2.24, 2.45) is 0 Å². The van der Waals surface area contributed by atoms with Crippen molar-refractivity contribution in [2.75, 3.05) is 0 Å². The Morgan fingerprint density at radius 2 is 2.00 bits per heavy atom. The average molecular weight is 259 g/mol. The first-order chi connectivity index (χ1) is 8.76. The third-order valence-corrected chi connectivity index (χ3v) is 3.92. The summed E-state index contributed by atoms with van der Waals surface area (Å²) in [6, 6.07) is 8.78. The highest BCUT2D eigenvalue weighted by atomic mass is 32.1. The zero-order valence-corrected chi connectivity index (χ0v) is 10.7. The van der Waals surface area contributed by atoms with Gasteiger partial charge in [0.2, 0.25) is 0 Å². The van der Waals surface area contributed by atoms with Gasteiger partial charge in [0.1, 0.15) is 17.4 Å². The monoisotopic (exact) mass is 259 g/mol. The van der Waals surface area contributed by atoms with Gasteiger partial charge >= 0.3 is 0 Å². The van der Waals surface area contributed by atoms with Crippen LogP contribution in [0, 0.1) is 5.82 Å². The molecule has 0 aliphatic heterocycles. The second-order valence-corrected chi connectivity index (χ2v) is 5.08. The molecule has 4 heteroatoms. The third kappa shape index (κ3) is 1.99. The van der Waals surface area contributed by atoms with Gasteiger partial charge in [0.15, 0.2) is 12.4 Å². The van der Waals surface area contributed by atoms with Gasteiger partial charge < -0.3 is 0 Å². The van der Waals surface area contributed by atoms with Crippen LogP contribution in [-0.4, -0.2) is 4.98 Å². The molecule has 3 aromatic rings. The van der Waals surface area contributed by atoms with E-state index in [1.54, 1.807) is 6.07 Å². The van der Waals surface area contributed by atoms with E-state index in [9.17, 15) is 4.39 Å². The lowest BCUT2D eigenvalue weighted by atomic mass is 10.3. The van der Waals surface area contributed by atoms with E-state index in [1.807, 2.05) is 24.5 Å². The third-order valence-electron chi connectivity index (χ3n) is 2.85. The molecule has 0 N–H and O–H groups in total. The Balaban J connectivity index is 2.07. The van der Waals surface area contributed by atoms with Crippen molar-refractivity contribution in [2.45, 2.75) is 13.5 Å². The van der Waals surface area contributed by atoms with Crippen molar-refractivity contribution in [1.29, 1.82) is 0 Å². The van der Waals surface area contributed by atoms with Crippen LogP contribution in [0.15, 0.2) is 42.7 Å². The number of rotatable bonds is 2. The first-order valence-corrected chi connectivity index (χ1v) is 6.63. The molecule has 2 aromatic heterocycles. The molecule has 0 fully saturated rings. The summed E-state index contributed by atoms with van der Waals surface area (Å²) in [6.07, 6.45) is 4.06. The molecular formula is C14H12FN2S+. The minimum absolute atomic E-state index is 0.213. The van der Waals surface area contributed by atoms with Gasteiger partial charge in [-0.2, -0.15) is 0 Å². The summed E-state index contributed by atoms with van der Waals surface area (Å²) in [5, 5.41) is 0.929. The first-order valence-electron chi connectivity index (χ1n) is 5.82. The summed E-state index contributed by atoms with van der Waals surface area (Å²) < 4.78 is 16.1. The second kappa shape index (κ2) is 4.46. The van der Waals surface area contributed by atoms with Crippen molar-refractivity contribution < 1.29 is 8.96 Å². The maximum Gasteiger partial charge on any atom is 0.169 e. The van der Waals surface area contributed by atoms with E-state index in [0.717, 1.165) is 27.3 Å². The van der Waals surface area contributed by atoms with Crippen LogP contribution >= 0.6 is 11.3 Å². The highest BCUT2D eigenvalue weighted by molar-refractivity contribution is 7.21. The molecule has 0 amide bonds. The number of fused-ring (bicyclic) bond motifs is 1. The zero-order valence-electron chi connectivity index (χ0n) is 9.93. The number of halogens is 1. The molecule has 0 saturated heterocycles. The Bertz CT molecular complexity index is 689. The fourth-order valence-electron chi connectivity index (χ4n) is 1.83.